The van der Waals surface area contributed by atoms with Crippen LogP contribution in [0.25, 0.3) is 0 Å². The van der Waals surface area contributed by atoms with Crippen molar-refractivity contribution in [3.63, 3.8) is 0 Å². The fraction of sp³-hybridized carbons (Fsp3) is 0.533. The molecule has 0 bridgehead atoms. The summed E-state index contributed by atoms with van der Waals surface area (Å²) in [5.41, 5.74) is 7.07. The van der Waals surface area contributed by atoms with Crippen LogP contribution in [-0.2, 0) is 14.8 Å². The molecule has 2 aliphatic heterocycles. The zero-order valence-corrected chi connectivity index (χ0v) is 15.2. The van der Waals surface area contributed by atoms with Crippen LogP contribution in [0, 0.1) is 0 Å². The molecule has 5 N–H and O–H groups in total. The first-order valence-corrected chi connectivity index (χ1v) is 9.87. The Labute approximate surface area is 152 Å². The quantitative estimate of drug-likeness (QED) is 0.261. The fourth-order valence-electron chi connectivity index (χ4n) is 2.97. The normalized spacial score (nSPS) is 18.7. The third kappa shape index (κ3) is 3.70. The van der Waals surface area contributed by atoms with Gasteiger partial charge in [-0.05, 0) is 18.2 Å². The van der Waals surface area contributed by atoms with Crippen molar-refractivity contribution in [1.29, 1.82) is 0 Å². The van der Waals surface area contributed by atoms with Crippen LogP contribution in [0.15, 0.2) is 23.1 Å². The number of nitrogen functional groups attached to an aromatic ring is 1. The zero-order chi connectivity index (χ0) is 18.7. The van der Waals surface area contributed by atoms with Crippen molar-refractivity contribution in [2.24, 2.45) is 5.84 Å². The molecule has 1 aromatic rings. The Morgan fingerprint density at radius 1 is 1.15 bits per heavy atom. The van der Waals surface area contributed by atoms with E-state index in [-0.39, 0.29) is 4.90 Å². The summed E-state index contributed by atoms with van der Waals surface area (Å²) in [6, 6.07) is 3.59. The minimum Gasteiger partial charge on any atom is -0.397 e. The second-order valence-electron chi connectivity index (χ2n) is 6.14. The van der Waals surface area contributed by atoms with Gasteiger partial charge in [0.25, 0.3) is 10.0 Å². The van der Waals surface area contributed by atoms with E-state index in [1.165, 1.54) is 23.1 Å². The molecule has 0 aliphatic carbocycles. The summed E-state index contributed by atoms with van der Waals surface area (Å²) in [4.78, 5) is 15.7. The van der Waals surface area contributed by atoms with Crippen molar-refractivity contribution < 1.29 is 17.9 Å². The average molecular weight is 384 g/mol. The Kier molecular flexibility index (Phi) is 5.51. The topological polar surface area (TPSA) is 134 Å². The van der Waals surface area contributed by atoms with Gasteiger partial charge in [0.2, 0.25) is 0 Å². The molecule has 2 saturated heterocycles. The van der Waals surface area contributed by atoms with E-state index in [1.807, 2.05) is 4.90 Å². The molecule has 2 aliphatic rings. The van der Waals surface area contributed by atoms with Crippen LogP contribution in [0.3, 0.4) is 0 Å². The molecule has 0 atom stereocenters. The predicted molar refractivity (Wildman–Crippen MR) is 96.9 cm³/mol. The fourth-order valence-corrected chi connectivity index (χ4v) is 4.02. The maximum absolute atomic E-state index is 12.8. The highest BCUT2D eigenvalue weighted by Crippen LogP contribution is 2.28. The SMILES string of the molecule is Nc1ccc(S(=O)(=O)N(N)C(=O)N2CCNCC2)cc1N1CCOCC1. The lowest BCUT2D eigenvalue weighted by atomic mass is 10.2. The van der Waals surface area contributed by atoms with E-state index >= 15 is 0 Å². The van der Waals surface area contributed by atoms with Crippen molar-refractivity contribution in [2.75, 3.05) is 63.1 Å². The molecule has 2 amide bonds. The van der Waals surface area contributed by atoms with Crippen molar-refractivity contribution in [3.05, 3.63) is 18.2 Å². The average Bonchev–Trinajstić information content (AvgIpc) is 2.68. The molecule has 0 aromatic heterocycles. The molecule has 0 unspecified atom stereocenters. The van der Waals surface area contributed by atoms with Crippen LogP contribution < -0.4 is 21.8 Å². The number of amides is 2. The van der Waals surface area contributed by atoms with Gasteiger partial charge in [0.1, 0.15) is 0 Å². The zero-order valence-electron chi connectivity index (χ0n) is 14.4. The number of hydrogen-bond acceptors (Lipinski definition) is 8. The van der Waals surface area contributed by atoms with Crippen molar-refractivity contribution in [3.8, 4) is 0 Å². The lowest BCUT2D eigenvalue weighted by Crippen LogP contribution is -2.55. The number of ether oxygens (including phenoxy) is 1. The van der Waals surface area contributed by atoms with Crippen LogP contribution in [0.1, 0.15) is 0 Å². The second-order valence-corrected chi connectivity index (χ2v) is 7.96. The number of carbonyl (C=O) groups is 1. The van der Waals surface area contributed by atoms with Gasteiger partial charge in [-0.25, -0.2) is 10.6 Å². The van der Waals surface area contributed by atoms with Gasteiger partial charge in [0.05, 0.1) is 29.5 Å². The maximum atomic E-state index is 12.8. The lowest BCUT2D eigenvalue weighted by Gasteiger charge is -2.31. The van der Waals surface area contributed by atoms with Crippen LogP contribution in [0.5, 0.6) is 0 Å². The monoisotopic (exact) mass is 384 g/mol. The third-order valence-electron chi connectivity index (χ3n) is 4.49. The van der Waals surface area contributed by atoms with E-state index in [1.54, 1.807) is 0 Å². The van der Waals surface area contributed by atoms with Crippen LogP contribution in [0.4, 0.5) is 16.2 Å². The summed E-state index contributed by atoms with van der Waals surface area (Å²) < 4.78 is 31.3. The molecule has 144 valence electrons. The number of nitrogens with two attached hydrogens (primary N) is 2. The number of carbonyl (C=O) groups excluding carboxylic acids is 1. The highest BCUT2D eigenvalue weighted by molar-refractivity contribution is 7.89. The number of hydrogen-bond donors (Lipinski definition) is 3. The number of benzene rings is 1. The number of sulfonamides is 1. The Morgan fingerprint density at radius 3 is 2.46 bits per heavy atom. The maximum Gasteiger partial charge on any atom is 0.348 e. The number of morpholine rings is 1. The standard InChI is InChI=1S/C15H24N6O4S/c16-13-2-1-12(11-14(13)19-7-9-25-10-8-19)26(23,24)21(17)15(22)20-5-3-18-4-6-20/h1-2,11,18H,3-10,16-17H2. The van der Waals surface area contributed by atoms with E-state index in [4.69, 9.17) is 16.3 Å². The molecule has 10 nitrogen and oxygen atoms in total. The van der Waals surface area contributed by atoms with E-state index in [0.717, 1.165) is 0 Å². The summed E-state index contributed by atoms with van der Waals surface area (Å²) in [6.07, 6.45) is 0. The van der Waals surface area contributed by atoms with E-state index < -0.39 is 16.1 Å². The Bertz CT molecular complexity index is 759. The van der Waals surface area contributed by atoms with E-state index in [0.29, 0.717) is 68.3 Å². The van der Waals surface area contributed by atoms with Gasteiger partial charge in [-0.1, -0.05) is 0 Å². The highest BCUT2D eigenvalue weighted by atomic mass is 32.2. The number of hydrazine groups is 1. The van der Waals surface area contributed by atoms with Gasteiger partial charge in [0, 0.05) is 39.3 Å². The van der Waals surface area contributed by atoms with Crippen molar-refractivity contribution >= 4 is 27.4 Å². The summed E-state index contributed by atoms with van der Waals surface area (Å²) in [6.45, 7) is 4.32. The minimum absolute atomic E-state index is 0.0702. The van der Waals surface area contributed by atoms with Gasteiger partial charge in [-0.3, -0.25) is 0 Å². The number of nitrogens with one attached hydrogen (secondary N) is 1. The second kappa shape index (κ2) is 7.66. The number of urea groups is 1. The van der Waals surface area contributed by atoms with Gasteiger partial charge in [0.15, 0.2) is 0 Å². The molecule has 11 heteroatoms. The first-order chi connectivity index (χ1) is 12.4. The van der Waals surface area contributed by atoms with E-state index in [2.05, 4.69) is 5.32 Å². The first-order valence-electron chi connectivity index (χ1n) is 8.43. The number of anilines is 2. The highest BCUT2D eigenvalue weighted by Gasteiger charge is 2.31. The molecule has 2 fully saturated rings. The summed E-state index contributed by atoms with van der Waals surface area (Å²) >= 11 is 0. The van der Waals surface area contributed by atoms with Gasteiger partial charge in [-0.2, -0.15) is 8.42 Å². The molecule has 1 aromatic carbocycles. The van der Waals surface area contributed by atoms with Crippen LogP contribution >= 0.6 is 0 Å². The van der Waals surface area contributed by atoms with Gasteiger partial charge < -0.3 is 25.6 Å². The number of piperazine rings is 1. The van der Waals surface area contributed by atoms with Gasteiger partial charge >= 0.3 is 6.03 Å². The summed E-state index contributed by atoms with van der Waals surface area (Å²) in [5, 5.41) is 3.10. The largest absolute Gasteiger partial charge is 0.397 e. The van der Waals surface area contributed by atoms with Crippen LogP contribution in [0.2, 0.25) is 0 Å². The Hall–Kier alpha value is -2.08. The number of rotatable bonds is 3. The Balaban J connectivity index is 1.85. The molecule has 2 heterocycles. The Morgan fingerprint density at radius 2 is 1.81 bits per heavy atom. The first kappa shape index (κ1) is 18.7. The minimum atomic E-state index is -4.18. The van der Waals surface area contributed by atoms with E-state index in [9.17, 15) is 13.2 Å². The smallest absolute Gasteiger partial charge is 0.348 e. The van der Waals surface area contributed by atoms with Crippen molar-refractivity contribution in [2.45, 2.75) is 4.90 Å². The predicted octanol–water partition coefficient (Wildman–Crippen LogP) is -1.00. The molecule has 0 saturated carbocycles. The number of nitrogens with zero attached hydrogens (tertiary/aromatic N) is 3. The summed E-state index contributed by atoms with van der Waals surface area (Å²) in [7, 11) is -4.18. The molecule has 3 rings (SSSR count). The third-order valence-corrected chi connectivity index (χ3v) is 6.01. The molecule has 0 radical (unpaired) electrons. The molecular formula is C15H24N6O4S. The summed E-state index contributed by atoms with van der Waals surface area (Å²) in [5.74, 6) is 5.69. The van der Waals surface area contributed by atoms with Crippen LogP contribution in [-0.4, -0.2) is 76.2 Å². The molecule has 0 spiro atoms. The lowest BCUT2D eigenvalue weighted by molar-refractivity contribution is 0.123. The van der Waals surface area contributed by atoms with Gasteiger partial charge in [-0.15, -0.1) is 4.41 Å². The molecule has 26 heavy (non-hydrogen) atoms. The molecular weight excluding hydrogens is 360 g/mol. The van der Waals surface area contributed by atoms with Crippen molar-refractivity contribution in [1.82, 2.24) is 14.6 Å².